The minimum Gasteiger partial charge on any atom is -0.399 e. The Hall–Kier alpha value is -1.44. The number of anilines is 1. The van der Waals surface area contributed by atoms with Gasteiger partial charge in [-0.25, -0.2) is 13.1 Å². The third-order valence-corrected chi connectivity index (χ3v) is 5.24. The summed E-state index contributed by atoms with van der Waals surface area (Å²) >= 11 is 3.22. The van der Waals surface area contributed by atoms with E-state index in [2.05, 4.69) is 25.6 Å². The van der Waals surface area contributed by atoms with Crippen molar-refractivity contribution < 1.29 is 8.42 Å². The van der Waals surface area contributed by atoms with Crippen molar-refractivity contribution in [1.29, 1.82) is 0 Å². The maximum absolute atomic E-state index is 12.3. The Morgan fingerprint density at radius 1 is 1.35 bits per heavy atom. The third kappa shape index (κ3) is 3.36. The molecule has 0 unspecified atom stereocenters. The zero-order chi connectivity index (χ0) is 14.8. The van der Waals surface area contributed by atoms with E-state index >= 15 is 0 Å². The predicted octanol–water partition coefficient (Wildman–Crippen LogP) is 2.21. The summed E-state index contributed by atoms with van der Waals surface area (Å²) in [5.41, 5.74) is 7.84. The van der Waals surface area contributed by atoms with E-state index < -0.39 is 10.0 Å². The molecular weight excluding hydrogens is 342 g/mol. The number of aromatic nitrogens is 1. The molecule has 0 bridgehead atoms. The molecule has 2 rings (SSSR count). The Bertz CT molecular complexity index is 732. The minimum atomic E-state index is -3.63. The summed E-state index contributed by atoms with van der Waals surface area (Å²) in [6.07, 6.45) is 3.31. The van der Waals surface area contributed by atoms with Gasteiger partial charge in [-0.15, -0.1) is 0 Å². The number of hydrogen-bond acceptors (Lipinski definition) is 4. The number of halogens is 1. The molecule has 0 spiro atoms. The monoisotopic (exact) mass is 355 g/mol. The molecule has 5 nitrogen and oxygen atoms in total. The fourth-order valence-electron chi connectivity index (χ4n) is 1.66. The second-order valence-corrected chi connectivity index (χ2v) is 6.91. The van der Waals surface area contributed by atoms with Crippen LogP contribution in [-0.2, 0) is 16.6 Å². The molecular formula is C13H14BrN3O2S. The molecule has 3 N–H and O–H groups in total. The van der Waals surface area contributed by atoms with E-state index in [1.54, 1.807) is 24.5 Å². The van der Waals surface area contributed by atoms with Crippen LogP contribution in [0.2, 0.25) is 0 Å². The van der Waals surface area contributed by atoms with Crippen LogP contribution in [0.25, 0.3) is 0 Å². The Morgan fingerprint density at radius 2 is 2.10 bits per heavy atom. The number of nitrogen functional groups attached to an aromatic ring is 1. The lowest BCUT2D eigenvalue weighted by atomic mass is 10.2. The normalized spacial score (nSPS) is 11.5. The molecule has 2 aromatic rings. The average molecular weight is 356 g/mol. The van der Waals surface area contributed by atoms with E-state index in [0.717, 1.165) is 11.1 Å². The number of aryl methyl sites for hydroxylation is 1. The molecule has 0 amide bonds. The van der Waals surface area contributed by atoms with Gasteiger partial charge in [-0.05, 0) is 58.2 Å². The summed E-state index contributed by atoms with van der Waals surface area (Å²) in [4.78, 5) is 4.11. The van der Waals surface area contributed by atoms with Gasteiger partial charge in [0.15, 0.2) is 0 Å². The zero-order valence-corrected chi connectivity index (χ0v) is 13.2. The van der Waals surface area contributed by atoms with Gasteiger partial charge in [0.05, 0.1) is 4.90 Å². The van der Waals surface area contributed by atoms with Gasteiger partial charge >= 0.3 is 0 Å². The van der Waals surface area contributed by atoms with Crippen molar-refractivity contribution in [3.05, 3.63) is 52.3 Å². The van der Waals surface area contributed by atoms with E-state index in [1.165, 1.54) is 6.07 Å². The van der Waals surface area contributed by atoms with Crippen LogP contribution in [0, 0.1) is 6.92 Å². The number of sulfonamides is 1. The van der Waals surface area contributed by atoms with Gasteiger partial charge in [-0.3, -0.25) is 4.98 Å². The first-order chi connectivity index (χ1) is 9.40. The first kappa shape index (κ1) is 15.0. The number of pyridine rings is 1. The zero-order valence-electron chi connectivity index (χ0n) is 10.8. The fourth-order valence-corrected chi connectivity index (χ4v) is 3.66. The van der Waals surface area contributed by atoms with Crippen molar-refractivity contribution in [1.82, 2.24) is 9.71 Å². The average Bonchev–Trinajstić information content (AvgIpc) is 2.40. The lowest BCUT2D eigenvalue weighted by Gasteiger charge is -2.10. The summed E-state index contributed by atoms with van der Waals surface area (Å²) in [7, 11) is -3.63. The SMILES string of the molecule is Cc1ccncc1CNS(=O)(=O)c1cc(N)ccc1Br. The topological polar surface area (TPSA) is 85.1 Å². The van der Waals surface area contributed by atoms with E-state index in [-0.39, 0.29) is 11.4 Å². The molecule has 0 saturated heterocycles. The molecule has 7 heteroatoms. The number of hydrogen-bond donors (Lipinski definition) is 2. The summed E-state index contributed by atoms with van der Waals surface area (Å²) in [5.74, 6) is 0. The van der Waals surface area contributed by atoms with Gasteiger partial charge < -0.3 is 5.73 Å². The largest absolute Gasteiger partial charge is 0.399 e. The highest BCUT2D eigenvalue weighted by molar-refractivity contribution is 9.10. The van der Waals surface area contributed by atoms with Crippen LogP contribution in [0.1, 0.15) is 11.1 Å². The van der Waals surface area contributed by atoms with Crippen molar-refractivity contribution in [3.63, 3.8) is 0 Å². The molecule has 0 radical (unpaired) electrons. The fraction of sp³-hybridized carbons (Fsp3) is 0.154. The molecule has 0 fully saturated rings. The summed E-state index contributed by atoms with van der Waals surface area (Å²) in [6.45, 7) is 2.09. The Kier molecular flexibility index (Phi) is 4.42. The Morgan fingerprint density at radius 3 is 2.80 bits per heavy atom. The lowest BCUT2D eigenvalue weighted by Crippen LogP contribution is -2.24. The van der Waals surface area contributed by atoms with Crippen molar-refractivity contribution in [2.24, 2.45) is 0 Å². The Labute approximate surface area is 126 Å². The molecule has 0 aliphatic rings. The van der Waals surface area contributed by atoms with Crippen LogP contribution < -0.4 is 10.5 Å². The summed E-state index contributed by atoms with van der Waals surface area (Å²) in [6, 6.07) is 6.50. The molecule has 1 aromatic carbocycles. The number of nitrogens with two attached hydrogens (primary N) is 1. The van der Waals surface area contributed by atoms with Gasteiger partial charge in [0.25, 0.3) is 0 Å². The maximum Gasteiger partial charge on any atom is 0.242 e. The van der Waals surface area contributed by atoms with Gasteiger partial charge in [0.2, 0.25) is 10.0 Å². The lowest BCUT2D eigenvalue weighted by molar-refractivity contribution is 0.580. The minimum absolute atomic E-state index is 0.124. The Balaban J connectivity index is 2.24. The molecule has 1 aromatic heterocycles. The summed E-state index contributed by atoms with van der Waals surface area (Å²) in [5, 5.41) is 0. The maximum atomic E-state index is 12.3. The van der Waals surface area contributed by atoms with Crippen molar-refractivity contribution in [2.75, 3.05) is 5.73 Å². The van der Waals surface area contributed by atoms with E-state index in [0.29, 0.717) is 10.2 Å². The molecule has 0 aliphatic heterocycles. The molecule has 0 saturated carbocycles. The highest BCUT2D eigenvalue weighted by Crippen LogP contribution is 2.24. The van der Waals surface area contributed by atoms with E-state index in [9.17, 15) is 8.42 Å². The number of nitrogens with zero attached hydrogens (tertiary/aromatic N) is 1. The number of benzene rings is 1. The van der Waals surface area contributed by atoms with Crippen LogP contribution in [0.4, 0.5) is 5.69 Å². The number of nitrogens with one attached hydrogen (secondary N) is 1. The second-order valence-electron chi connectivity index (χ2n) is 4.32. The smallest absolute Gasteiger partial charge is 0.242 e. The van der Waals surface area contributed by atoms with Crippen molar-refractivity contribution in [3.8, 4) is 0 Å². The van der Waals surface area contributed by atoms with Gasteiger partial charge in [0.1, 0.15) is 0 Å². The molecule has 1 heterocycles. The molecule has 0 aliphatic carbocycles. The molecule has 0 atom stereocenters. The second kappa shape index (κ2) is 5.90. The van der Waals surface area contributed by atoms with Crippen molar-refractivity contribution in [2.45, 2.75) is 18.4 Å². The quantitative estimate of drug-likeness (QED) is 0.823. The van der Waals surface area contributed by atoms with Crippen LogP contribution in [0.3, 0.4) is 0 Å². The highest BCUT2D eigenvalue weighted by atomic mass is 79.9. The van der Waals surface area contributed by atoms with Crippen LogP contribution in [0.5, 0.6) is 0 Å². The highest BCUT2D eigenvalue weighted by Gasteiger charge is 2.18. The predicted molar refractivity (Wildman–Crippen MR) is 81.6 cm³/mol. The van der Waals surface area contributed by atoms with E-state index in [4.69, 9.17) is 5.73 Å². The molecule has 20 heavy (non-hydrogen) atoms. The van der Waals surface area contributed by atoms with Crippen LogP contribution in [0.15, 0.2) is 46.0 Å². The summed E-state index contributed by atoms with van der Waals surface area (Å²) < 4.78 is 27.6. The van der Waals surface area contributed by atoms with Crippen LogP contribution in [-0.4, -0.2) is 13.4 Å². The molecule has 106 valence electrons. The standard InChI is InChI=1S/C13H14BrN3O2S/c1-9-4-5-16-7-10(9)8-17-20(18,19)13-6-11(15)2-3-12(13)14/h2-7,17H,8,15H2,1H3. The van der Waals surface area contributed by atoms with Gasteiger partial charge in [0, 0.05) is 29.1 Å². The first-order valence-corrected chi connectivity index (χ1v) is 8.12. The van der Waals surface area contributed by atoms with Crippen molar-refractivity contribution >= 4 is 31.6 Å². The number of rotatable bonds is 4. The third-order valence-electron chi connectivity index (χ3n) is 2.84. The van der Waals surface area contributed by atoms with Gasteiger partial charge in [-0.1, -0.05) is 0 Å². The van der Waals surface area contributed by atoms with Gasteiger partial charge in [-0.2, -0.15) is 0 Å². The van der Waals surface area contributed by atoms with Crippen LogP contribution >= 0.6 is 15.9 Å². The first-order valence-electron chi connectivity index (χ1n) is 5.84. The van der Waals surface area contributed by atoms with E-state index in [1.807, 2.05) is 13.0 Å².